The molecule has 0 heterocycles. The highest BCUT2D eigenvalue weighted by molar-refractivity contribution is 7.99. The van der Waals surface area contributed by atoms with Crippen LogP contribution in [0.1, 0.15) is 34.0 Å². The fraction of sp³-hybridized carbons (Fsp3) is 0.350. The van der Waals surface area contributed by atoms with E-state index in [-0.39, 0.29) is 12.5 Å². The summed E-state index contributed by atoms with van der Waals surface area (Å²) in [5.74, 6) is 0.130. The van der Waals surface area contributed by atoms with Crippen LogP contribution in [-0.2, 0) is 19.1 Å². The number of hydrogen-bond donors (Lipinski definition) is 1. The van der Waals surface area contributed by atoms with Crippen molar-refractivity contribution in [3.05, 3.63) is 64.7 Å². The predicted octanol–water partition coefficient (Wildman–Crippen LogP) is 4.94. The first-order chi connectivity index (χ1) is 12.7. The van der Waals surface area contributed by atoms with Crippen molar-refractivity contribution in [2.24, 2.45) is 0 Å². The van der Waals surface area contributed by atoms with Gasteiger partial charge in [0.1, 0.15) is 5.75 Å². The van der Waals surface area contributed by atoms with Gasteiger partial charge >= 0.3 is 6.18 Å². The quantitative estimate of drug-likeness (QED) is 0.719. The average Bonchev–Trinajstić information content (AvgIpc) is 2.65. The third-order valence-corrected chi connectivity index (χ3v) is 5.14. The molecule has 0 fully saturated rings. The monoisotopic (exact) mass is 397 g/mol. The van der Waals surface area contributed by atoms with E-state index in [4.69, 9.17) is 4.74 Å². The number of halogens is 3. The van der Waals surface area contributed by atoms with Gasteiger partial charge in [0.05, 0.1) is 18.2 Å². The number of carbonyl (C=O) groups is 1. The standard InChI is InChI=1S/C20H22F3NO2S/c1-13(27-3)10-15-6-9-18(26-2)17(11-15)19(25)24-12-14-4-7-16(8-5-14)20(21,22)23/h4-9,11,13H,10,12H2,1-3H3,(H,24,25). The normalized spacial score (nSPS) is 12.5. The number of carbonyl (C=O) groups excluding carboxylic acids is 1. The van der Waals surface area contributed by atoms with Crippen LogP contribution in [0.2, 0.25) is 0 Å². The van der Waals surface area contributed by atoms with Crippen LogP contribution in [0.4, 0.5) is 13.2 Å². The minimum absolute atomic E-state index is 0.131. The molecule has 2 rings (SSSR count). The summed E-state index contributed by atoms with van der Waals surface area (Å²) in [6, 6.07) is 10.2. The van der Waals surface area contributed by atoms with Gasteiger partial charge in [-0.2, -0.15) is 24.9 Å². The van der Waals surface area contributed by atoms with Gasteiger partial charge in [-0.25, -0.2) is 0 Å². The third-order valence-electron chi connectivity index (χ3n) is 4.17. The van der Waals surface area contributed by atoms with Crippen LogP contribution in [-0.4, -0.2) is 24.5 Å². The Kier molecular flexibility index (Phi) is 7.18. The molecule has 2 aromatic rings. The van der Waals surface area contributed by atoms with Gasteiger partial charge in [-0.15, -0.1) is 0 Å². The lowest BCUT2D eigenvalue weighted by Crippen LogP contribution is -2.23. The predicted molar refractivity (Wildman–Crippen MR) is 102 cm³/mol. The van der Waals surface area contributed by atoms with E-state index in [0.717, 1.165) is 24.1 Å². The van der Waals surface area contributed by atoms with Crippen LogP contribution in [0.15, 0.2) is 42.5 Å². The molecule has 0 radical (unpaired) electrons. The summed E-state index contributed by atoms with van der Waals surface area (Å²) < 4.78 is 43.1. The largest absolute Gasteiger partial charge is 0.496 e. The summed E-state index contributed by atoms with van der Waals surface area (Å²) in [5, 5.41) is 3.16. The molecule has 0 aromatic heterocycles. The Morgan fingerprint density at radius 3 is 2.33 bits per heavy atom. The zero-order chi connectivity index (χ0) is 20.0. The van der Waals surface area contributed by atoms with E-state index < -0.39 is 11.7 Å². The van der Waals surface area contributed by atoms with E-state index in [1.165, 1.54) is 19.2 Å². The van der Waals surface area contributed by atoms with Gasteiger partial charge in [0.2, 0.25) is 0 Å². The molecule has 1 amide bonds. The smallest absolute Gasteiger partial charge is 0.416 e. The van der Waals surface area contributed by atoms with Crippen molar-refractivity contribution < 1.29 is 22.7 Å². The molecule has 0 aliphatic rings. The first-order valence-electron chi connectivity index (χ1n) is 8.38. The number of nitrogens with one attached hydrogen (secondary N) is 1. The Labute approximate surface area is 161 Å². The van der Waals surface area contributed by atoms with Gasteiger partial charge in [0.25, 0.3) is 5.91 Å². The van der Waals surface area contributed by atoms with E-state index in [1.807, 2.05) is 12.3 Å². The number of hydrogen-bond acceptors (Lipinski definition) is 3. The van der Waals surface area contributed by atoms with Crippen molar-refractivity contribution >= 4 is 17.7 Å². The molecule has 146 valence electrons. The maximum absolute atomic E-state index is 12.6. The van der Waals surface area contributed by atoms with Gasteiger partial charge < -0.3 is 10.1 Å². The molecule has 0 saturated carbocycles. The number of ether oxygens (including phenoxy) is 1. The second-order valence-electron chi connectivity index (χ2n) is 6.16. The van der Waals surface area contributed by atoms with Crippen LogP contribution in [0.5, 0.6) is 5.75 Å². The topological polar surface area (TPSA) is 38.3 Å². The first kappa shape index (κ1) is 21.2. The maximum Gasteiger partial charge on any atom is 0.416 e. The molecule has 0 spiro atoms. The van der Waals surface area contributed by atoms with Crippen LogP contribution in [0.3, 0.4) is 0 Å². The van der Waals surface area contributed by atoms with Crippen molar-refractivity contribution in [2.45, 2.75) is 31.3 Å². The molecule has 2 aromatic carbocycles. The summed E-state index contributed by atoms with van der Waals surface area (Å²) >= 11 is 1.74. The second-order valence-corrected chi connectivity index (χ2v) is 7.44. The molecular formula is C20H22F3NO2S. The summed E-state index contributed by atoms with van der Waals surface area (Å²) in [6.07, 6.45) is -1.51. The minimum atomic E-state index is -4.37. The highest BCUT2D eigenvalue weighted by atomic mass is 32.2. The maximum atomic E-state index is 12.6. The van der Waals surface area contributed by atoms with Crippen LogP contribution >= 0.6 is 11.8 Å². The number of alkyl halides is 3. The van der Waals surface area contributed by atoms with E-state index in [2.05, 4.69) is 12.2 Å². The summed E-state index contributed by atoms with van der Waals surface area (Å²) in [6.45, 7) is 2.24. The molecule has 0 saturated heterocycles. The van der Waals surface area contributed by atoms with Crippen LogP contribution in [0, 0.1) is 0 Å². The van der Waals surface area contributed by atoms with Gasteiger partial charge in [0, 0.05) is 11.8 Å². The second kappa shape index (κ2) is 9.17. The van der Waals surface area contributed by atoms with Gasteiger partial charge in [-0.3, -0.25) is 4.79 Å². The SMILES string of the molecule is COc1ccc(CC(C)SC)cc1C(=O)NCc1ccc(C(F)(F)F)cc1. The molecule has 1 N–H and O–H groups in total. The zero-order valence-corrected chi connectivity index (χ0v) is 16.2. The van der Waals surface area contributed by atoms with Crippen molar-refractivity contribution in [1.29, 1.82) is 0 Å². The lowest BCUT2D eigenvalue weighted by Gasteiger charge is -2.13. The lowest BCUT2D eigenvalue weighted by molar-refractivity contribution is -0.137. The Balaban J connectivity index is 2.09. The molecule has 3 nitrogen and oxygen atoms in total. The number of amides is 1. The molecule has 0 aliphatic carbocycles. The summed E-state index contributed by atoms with van der Waals surface area (Å²) in [4.78, 5) is 12.6. The van der Waals surface area contributed by atoms with E-state index in [9.17, 15) is 18.0 Å². The lowest BCUT2D eigenvalue weighted by atomic mass is 10.0. The molecule has 0 bridgehead atoms. The molecular weight excluding hydrogens is 375 g/mol. The minimum Gasteiger partial charge on any atom is -0.496 e. The molecule has 7 heteroatoms. The Hall–Kier alpha value is -2.15. The molecule has 0 aliphatic heterocycles. The van der Waals surface area contributed by atoms with Gasteiger partial charge in [-0.1, -0.05) is 25.1 Å². The Bertz CT molecular complexity index is 776. The fourth-order valence-electron chi connectivity index (χ4n) is 2.56. The van der Waals surface area contributed by atoms with Gasteiger partial charge in [0.15, 0.2) is 0 Å². The van der Waals surface area contributed by atoms with E-state index >= 15 is 0 Å². The number of methoxy groups -OCH3 is 1. The first-order valence-corrected chi connectivity index (χ1v) is 9.67. The highest BCUT2D eigenvalue weighted by Crippen LogP contribution is 2.29. The highest BCUT2D eigenvalue weighted by Gasteiger charge is 2.29. The van der Waals surface area contributed by atoms with Crippen molar-refractivity contribution in [1.82, 2.24) is 5.32 Å². The number of benzene rings is 2. The average molecular weight is 397 g/mol. The van der Waals surface area contributed by atoms with Gasteiger partial charge in [-0.05, 0) is 48.1 Å². The third kappa shape index (κ3) is 5.92. The van der Waals surface area contributed by atoms with Crippen molar-refractivity contribution in [3.63, 3.8) is 0 Å². The molecule has 27 heavy (non-hydrogen) atoms. The van der Waals surface area contributed by atoms with E-state index in [1.54, 1.807) is 23.9 Å². The molecule has 1 atom stereocenters. The number of rotatable bonds is 7. The Morgan fingerprint density at radius 2 is 1.78 bits per heavy atom. The van der Waals surface area contributed by atoms with Crippen LogP contribution < -0.4 is 10.1 Å². The van der Waals surface area contributed by atoms with Crippen molar-refractivity contribution in [3.8, 4) is 5.75 Å². The summed E-state index contributed by atoms with van der Waals surface area (Å²) in [7, 11) is 1.49. The Morgan fingerprint density at radius 1 is 1.15 bits per heavy atom. The van der Waals surface area contributed by atoms with Crippen LogP contribution in [0.25, 0.3) is 0 Å². The number of thioether (sulfide) groups is 1. The zero-order valence-electron chi connectivity index (χ0n) is 15.4. The van der Waals surface area contributed by atoms with E-state index in [0.29, 0.717) is 22.1 Å². The summed E-state index contributed by atoms with van der Waals surface area (Å²) in [5.41, 5.74) is 1.31. The van der Waals surface area contributed by atoms with Crippen molar-refractivity contribution in [2.75, 3.05) is 13.4 Å². The molecule has 1 unspecified atom stereocenters. The fourth-order valence-corrected chi connectivity index (χ4v) is 2.92.